The minimum Gasteiger partial charge on any atom is -0.381 e. The van der Waals surface area contributed by atoms with E-state index in [0.29, 0.717) is 12.0 Å². The zero-order chi connectivity index (χ0) is 14.1. The van der Waals surface area contributed by atoms with E-state index >= 15 is 0 Å². The van der Waals surface area contributed by atoms with Gasteiger partial charge in [-0.2, -0.15) is 0 Å². The second-order valence-electron chi connectivity index (χ2n) is 5.19. The number of anilines is 1. The van der Waals surface area contributed by atoms with E-state index in [-0.39, 0.29) is 5.82 Å². The van der Waals surface area contributed by atoms with Gasteiger partial charge in [-0.3, -0.25) is 0 Å². The summed E-state index contributed by atoms with van der Waals surface area (Å²) < 4.78 is 13.9. The molecule has 1 aliphatic carbocycles. The molecule has 0 aliphatic heterocycles. The third-order valence-corrected chi connectivity index (χ3v) is 4.66. The van der Waals surface area contributed by atoms with Crippen molar-refractivity contribution in [1.29, 1.82) is 0 Å². The second-order valence-corrected chi connectivity index (χ2v) is 6.48. The molecule has 0 bridgehead atoms. The van der Waals surface area contributed by atoms with Gasteiger partial charge in [0.15, 0.2) is 0 Å². The van der Waals surface area contributed by atoms with Crippen molar-refractivity contribution in [3.05, 3.63) is 63.3 Å². The van der Waals surface area contributed by atoms with Crippen LogP contribution in [0.2, 0.25) is 5.02 Å². The van der Waals surface area contributed by atoms with Gasteiger partial charge in [0.2, 0.25) is 0 Å². The summed E-state index contributed by atoms with van der Waals surface area (Å²) in [6, 6.07) is 13.0. The summed E-state index contributed by atoms with van der Waals surface area (Å²) in [5.74, 6) is 0.354. The molecule has 0 unspecified atom stereocenters. The van der Waals surface area contributed by atoms with Crippen LogP contribution in [0.4, 0.5) is 10.1 Å². The normalized spacial score (nSPS) is 21.4. The quantitative estimate of drug-likeness (QED) is 0.756. The van der Waals surface area contributed by atoms with Crippen molar-refractivity contribution in [3.8, 4) is 0 Å². The molecule has 0 aromatic heterocycles. The molecule has 0 radical (unpaired) electrons. The van der Waals surface area contributed by atoms with Crippen molar-refractivity contribution < 1.29 is 4.39 Å². The second kappa shape index (κ2) is 5.74. The number of nitrogens with one attached hydrogen (secondary N) is 1. The van der Waals surface area contributed by atoms with Crippen molar-refractivity contribution in [1.82, 2.24) is 0 Å². The maximum atomic E-state index is 12.9. The van der Waals surface area contributed by atoms with Crippen molar-refractivity contribution in [2.24, 2.45) is 0 Å². The standard InChI is InChI=1S/C16H14BrClFN/c17-15-9-12(18)3-6-16(15)20-14-7-11(8-14)10-1-4-13(19)5-2-10/h1-6,9,11,14,20H,7-8H2. The van der Waals surface area contributed by atoms with Gasteiger partial charge in [-0.15, -0.1) is 0 Å². The number of hydrogen-bond donors (Lipinski definition) is 1. The van der Waals surface area contributed by atoms with E-state index < -0.39 is 0 Å². The van der Waals surface area contributed by atoms with Gasteiger partial charge in [-0.25, -0.2) is 4.39 Å². The molecule has 0 heterocycles. The fourth-order valence-electron chi connectivity index (χ4n) is 2.57. The van der Waals surface area contributed by atoms with E-state index in [1.807, 2.05) is 30.3 Å². The van der Waals surface area contributed by atoms with Gasteiger partial charge >= 0.3 is 0 Å². The lowest BCUT2D eigenvalue weighted by molar-refractivity contribution is 0.374. The van der Waals surface area contributed by atoms with Gasteiger partial charge in [0.05, 0.1) is 0 Å². The Bertz CT molecular complexity index is 608. The van der Waals surface area contributed by atoms with Crippen LogP contribution in [0.3, 0.4) is 0 Å². The molecule has 1 fully saturated rings. The van der Waals surface area contributed by atoms with Crippen LogP contribution >= 0.6 is 27.5 Å². The molecule has 104 valence electrons. The number of rotatable bonds is 3. The smallest absolute Gasteiger partial charge is 0.123 e. The van der Waals surface area contributed by atoms with Crippen molar-refractivity contribution >= 4 is 33.2 Å². The van der Waals surface area contributed by atoms with Crippen LogP contribution in [0.5, 0.6) is 0 Å². The lowest BCUT2D eigenvalue weighted by Crippen LogP contribution is -2.34. The maximum Gasteiger partial charge on any atom is 0.123 e. The molecule has 0 spiro atoms. The highest BCUT2D eigenvalue weighted by molar-refractivity contribution is 9.10. The predicted octanol–water partition coefficient (Wildman–Crippen LogP) is 5.60. The molecule has 0 amide bonds. The molecule has 1 N–H and O–H groups in total. The van der Waals surface area contributed by atoms with Gasteiger partial charge in [-0.05, 0) is 70.6 Å². The van der Waals surface area contributed by atoms with Crippen LogP contribution in [0.15, 0.2) is 46.9 Å². The third kappa shape index (κ3) is 2.99. The Balaban J connectivity index is 1.59. The van der Waals surface area contributed by atoms with Gasteiger partial charge in [0.25, 0.3) is 0 Å². The molecule has 4 heteroatoms. The van der Waals surface area contributed by atoms with Gasteiger partial charge in [0.1, 0.15) is 5.82 Å². The Morgan fingerprint density at radius 2 is 1.80 bits per heavy atom. The van der Waals surface area contributed by atoms with Crippen LogP contribution in [0.25, 0.3) is 0 Å². The van der Waals surface area contributed by atoms with Crippen LogP contribution in [-0.2, 0) is 0 Å². The molecule has 2 aromatic carbocycles. The molecule has 20 heavy (non-hydrogen) atoms. The van der Waals surface area contributed by atoms with Crippen molar-refractivity contribution in [3.63, 3.8) is 0 Å². The average Bonchev–Trinajstić information content (AvgIpc) is 2.37. The van der Waals surface area contributed by atoms with Crippen LogP contribution in [0.1, 0.15) is 24.3 Å². The maximum absolute atomic E-state index is 12.9. The summed E-state index contributed by atoms with van der Waals surface area (Å²) in [6.07, 6.45) is 2.14. The fourth-order valence-corrected chi connectivity index (χ4v) is 3.37. The molecule has 1 nitrogen and oxygen atoms in total. The van der Waals surface area contributed by atoms with E-state index in [1.54, 1.807) is 0 Å². The van der Waals surface area contributed by atoms with Crippen LogP contribution < -0.4 is 5.32 Å². The van der Waals surface area contributed by atoms with Gasteiger partial charge < -0.3 is 5.32 Å². The van der Waals surface area contributed by atoms with Crippen molar-refractivity contribution in [2.75, 3.05) is 5.32 Å². The fraction of sp³-hybridized carbons (Fsp3) is 0.250. The topological polar surface area (TPSA) is 12.0 Å². The number of halogens is 3. The van der Waals surface area contributed by atoms with Crippen LogP contribution in [0, 0.1) is 5.82 Å². The third-order valence-electron chi connectivity index (χ3n) is 3.77. The summed E-state index contributed by atoms with van der Waals surface area (Å²) in [5.41, 5.74) is 2.29. The average molecular weight is 355 g/mol. The molecular weight excluding hydrogens is 341 g/mol. The summed E-state index contributed by atoms with van der Waals surface area (Å²) in [6.45, 7) is 0. The lowest BCUT2D eigenvalue weighted by atomic mass is 9.76. The van der Waals surface area contributed by atoms with E-state index in [0.717, 1.165) is 28.0 Å². The van der Waals surface area contributed by atoms with Gasteiger partial charge in [0, 0.05) is 21.2 Å². The largest absolute Gasteiger partial charge is 0.381 e. The zero-order valence-electron chi connectivity index (χ0n) is 10.7. The minimum atomic E-state index is -0.173. The van der Waals surface area contributed by atoms with Crippen molar-refractivity contribution in [2.45, 2.75) is 24.8 Å². The molecule has 0 atom stereocenters. The molecular formula is C16H14BrClFN. The highest BCUT2D eigenvalue weighted by Crippen LogP contribution is 2.39. The number of benzene rings is 2. The molecule has 0 saturated heterocycles. The SMILES string of the molecule is Fc1ccc(C2CC(Nc3ccc(Cl)cc3Br)C2)cc1. The summed E-state index contributed by atoms with van der Waals surface area (Å²) in [5, 5.41) is 4.23. The molecule has 1 aliphatic rings. The summed E-state index contributed by atoms with van der Waals surface area (Å²) >= 11 is 9.44. The summed E-state index contributed by atoms with van der Waals surface area (Å²) in [7, 11) is 0. The van der Waals surface area contributed by atoms with Crippen LogP contribution in [-0.4, -0.2) is 6.04 Å². The Morgan fingerprint density at radius 3 is 2.45 bits per heavy atom. The van der Waals surface area contributed by atoms with E-state index in [4.69, 9.17) is 11.6 Å². The summed E-state index contributed by atoms with van der Waals surface area (Å²) in [4.78, 5) is 0. The predicted molar refractivity (Wildman–Crippen MR) is 84.9 cm³/mol. The van der Waals surface area contributed by atoms with E-state index in [2.05, 4.69) is 21.2 Å². The highest BCUT2D eigenvalue weighted by atomic mass is 79.9. The Morgan fingerprint density at radius 1 is 1.10 bits per heavy atom. The zero-order valence-corrected chi connectivity index (χ0v) is 13.1. The first-order valence-electron chi connectivity index (χ1n) is 6.59. The van der Waals surface area contributed by atoms with E-state index in [9.17, 15) is 4.39 Å². The van der Waals surface area contributed by atoms with E-state index in [1.165, 1.54) is 17.7 Å². The molecule has 2 aromatic rings. The monoisotopic (exact) mass is 353 g/mol. The number of hydrogen-bond acceptors (Lipinski definition) is 1. The van der Waals surface area contributed by atoms with Gasteiger partial charge in [-0.1, -0.05) is 23.7 Å². The Kier molecular flexibility index (Phi) is 3.99. The molecule has 1 saturated carbocycles. The Hall–Kier alpha value is -1.06. The minimum absolute atomic E-state index is 0.173. The lowest BCUT2D eigenvalue weighted by Gasteiger charge is -2.37. The highest BCUT2D eigenvalue weighted by Gasteiger charge is 2.30. The first-order valence-corrected chi connectivity index (χ1v) is 7.76. The Labute approximate surface area is 131 Å². The first kappa shape index (κ1) is 13.9. The molecule has 3 rings (SSSR count). The first-order chi connectivity index (χ1) is 9.61.